The van der Waals surface area contributed by atoms with Crippen LogP contribution in [-0.4, -0.2) is 7.11 Å². The van der Waals surface area contributed by atoms with E-state index < -0.39 is 0 Å². The maximum atomic E-state index is 5.48. The van der Waals surface area contributed by atoms with Gasteiger partial charge in [0.25, 0.3) is 0 Å². The Balaban J connectivity index is 0. The molecule has 0 aliphatic heterocycles. The van der Waals surface area contributed by atoms with Crippen LogP contribution < -0.4 is 10.5 Å². The van der Waals surface area contributed by atoms with Gasteiger partial charge in [-0.05, 0) is 18.2 Å². The van der Waals surface area contributed by atoms with E-state index in [9.17, 15) is 0 Å². The second-order valence-electron chi connectivity index (χ2n) is 1.90. The van der Waals surface area contributed by atoms with Gasteiger partial charge in [0, 0.05) is 5.69 Å². The minimum absolute atomic E-state index is 0. The Kier molecular flexibility index (Phi) is 9.46. The fraction of sp³-hybridized carbons (Fsp3) is 0.333. The van der Waals surface area contributed by atoms with E-state index in [1.54, 1.807) is 25.3 Å². The third kappa shape index (κ3) is 4.98. The van der Waals surface area contributed by atoms with Gasteiger partial charge in [0.05, 0.1) is 7.11 Å². The van der Waals surface area contributed by atoms with E-state index in [1.165, 1.54) is 0 Å². The zero-order chi connectivity index (χ0) is 9.56. The molecule has 0 aliphatic rings. The van der Waals surface area contributed by atoms with Crippen molar-refractivity contribution in [2.75, 3.05) is 12.8 Å². The van der Waals surface area contributed by atoms with Gasteiger partial charge in [-0.2, -0.15) is 0 Å². The van der Waals surface area contributed by atoms with Crippen molar-refractivity contribution >= 4 is 18.3 Å². The van der Waals surface area contributed by atoms with E-state index in [0.717, 1.165) is 5.75 Å². The molecule has 0 saturated carbocycles. The minimum atomic E-state index is 0. The molecule has 2 nitrogen and oxygen atoms in total. The van der Waals surface area contributed by atoms with Gasteiger partial charge in [-0.25, -0.2) is 0 Å². The third-order valence-corrected chi connectivity index (χ3v) is 1.57. The molecule has 0 fully saturated rings. The van der Waals surface area contributed by atoms with Crippen LogP contribution in [0.1, 0.15) is 13.8 Å². The van der Waals surface area contributed by atoms with Gasteiger partial charge in [0.2, 0.25) is 0 Å². The Morgan fingerprint density at radius 3 is 2.23 bits per heavy atom. The zero-order valence-corrected chi connectivity index (χ0v) is 9.69. The largest absolute Gasteiger partial charge is 1.00 e. The Labute approximate surface area is 95.7 Å². The molecule has 0 spiro atoms. The van der Waals surface area contributed by atoms with E-state index >= 15 is 0 Å². The summed E-state index contributed by atoms with van der Waals surface area (Å²) in [5, 5.41) is 0. The Bertz CT molecular complexity index is 243. The second kappa shape index (κ2) is 8.17. The van der Waals surface area contributed by atoms with Gasteiger partial charge < -0.3 is 23.1 Å². The topological polar surface area (TPSA) is 35.2 Å². The number of ether oxygens (including phenoxy) is 1. The molecule has 13 heavy (non-hydrogen) atoms. The molecule has 0 heterocycles. The van der Waals surface area contributed by atoms with Crippen LogP contribution in [0.25, 0.3) is 0 Å². The number of methoxy groups -OCH3 is 1. The summed E-state index contributed by atoms with van der Waals surface area (Å²) in [4.78, 5) is 0.638. The van der Waals surface area contributed by atoms with Crippen LogP contribution in [0.15, 0.2) is 23.1 Å². The van der Waals surface area contributed by atoms with Crippen molar-refractivity contribution in [2.24, 2.45) is 0 Å². The monoisotopic (exact) mass is 247 g/mol. The summed E-state index contributed by atoms with van der Waals surface area (Å²) >= 11 is 4.90. The number of hydrogen-bond donors (Lipinski definition) is 1. The molecule has 1 aromatic rings. The van der Waals surface area contributed by atoms with Crippen LogP contribution in [0, 0.1) is 0 Å². The molecule has 78 valence electrons. The van der Waals surface area contributed by atoms with Gasteiger partial charge in [-0.3, -0.25) is 0 Å². The smallest absolute Gasteiger partial charge is 0.778 e. The summed E-state index contributed by atoms with van der Waals surface area (Å²) in [5.74, 6) is 0.749. The van der Waals surface area contributed by atoms with Crippen LogP contribution in [0.5, 0.6) is 5.75 Å². The van der Waals surface area contributed by atoms with Gasteiger partial charge in [-0.15, -0.1) is 4.90 Å². The number of rotatable bonds is 1. The standard InChI is InChI=1S/C7H9NOS.C2H6.Cu/c1-9-5-2-3-6(8)7(10)4-5;1-2;/h2-4,10H,8H2,1H3;1-2H3;/q;;+1/p-1. The van der Waals surface area contributed by atoms with Crippen molar-refractivity contribution in [2.45, 2.75) is 18.7 Å². The molecule has 0 radical (unpaired) electrons. The molecule has 0 amide bonds. The molecular weight excluding hydrogens is 234 g/mol. The van der Waals surface area contributed by atoms with Crippen molar-refractivity contribution < 1.29 is 21.8 Å². The van der Waals surface area contributed by atoms with E-state index in [4.69, 9.17) is 23.1 Å². The van der Waals surface area contributed by atoms with E-state index in [0.29, 0.717) is 10.6 Å². The van der Waals surface area contributed by atoms with Gasteiger partial charge >= 0.3 is 17.1 Å². The number of anilines is 1. The molecule has 2 N–H and O–H groups in total. The molecule has 1 rings (SSSR count). The molecule has 0 aromatic heterocycles. The van der Waals surface area contributed by atoms with Gasteiger partial charge in [0.15, 0.2) is 0 Å². The molecule has 0 unspecified atom stereocenters. The molecule has 0 aliphatic carbocycles. The molecule has 0 bridgehead atoms. The van der Waals surface area contributed by atoms with Gasteiger partial charge in [-0.1, -0.05) is 13.8 Å². The average Bonchev–Trinajstić information content (AvgIpc) is 2.13. The first-order valence-corrected chi connectivity index (χ1v) is 4.25. The Hall–Kier alpha value is -0.441. The first-order valence-electron chi connectivity index (χ1n) is 3.84. The Morgan fingerprint density at radius 2 is 1.85 bits per heavy atom. The molecule has 0 saturated heterocycles. The summed E-state index contributed by atoms with van der Waals surface area (Å²) < 4.78 is 4.93. The van der Waals surface area contributed by atoms with E-state index in [1.807, 2.05) is 13.8 Å². The summed E-state index contributed by atoms with van der Waals surface area (Å²) in [6.07, 6.45) is 0. The summed E-state index contributed by atoms with van der Waals surface area (Å²) in [6.45, 7) is 4.00. The van der Waals surface area contributed by atoms with Crippen LogP contribution >= 0.6 is 0 Å². The average molecular weight is 248 g/mol. The maximum absolute atomic E-state index is 5.48. The van der Waals surface area contributed by atoms with Gasteiger partial charge in [0.1, 0.15) is 5.75 Å². The fourth-order valence-electron chi connectivity index (χ4n) is 0.642. The normalized spacial score (nSPS) is 7.62. The molecule has 1 aromatic carbocycles. The SMILES string of the molecule is CC.COc1ccc(N)c([S-])c1.[Cu+]. The van der Waals surface area contributed by atoms with E-state index in [-0.39, 0.29) is 17.1 Å². The fourth-order valence-corrected chi connectivity index (χ4v) is 0.826. The summed E-state index contributed by atoms with van der Waals surface area (Å²) in [7, 11) is 1.60. The number of nitrogens with two attached hydrogens (primary N) is 1. The number of benzene rings is 1. The van der Waals surface area contributed by atoms with E-state index in [2.05, 4.69) is 0 Å². The van der Waals surface area contributed by atoms with Crippen molar-refractivity contribution in [1.29, 1.82) is 0 Å². The van der Waals surface area contributed by atoms with Crippen molar-refractivity contribution in [3.63, 3.8) is 0 Å². The number of hydrogen-bond acceptors (Lipinski definition) is 3. The van der Waals surface area contributed by atoms with Crippen LogP contribution in [0.2, 0.25) is 0 Å². The van der Waals surface area contributed by atoms with Crippen LogP contribution in [0.3, 0.4) is 0 Å². The molecule has 0 atom stereocenters. The maximum Gasteiger partial charge on any atom is 1.00 e. The van der Waals surface area contributed by atoms with Crippen molar-refractivity contribution in [3.05, 3.63) is 18.2 Å². The quantitative estimate of drug-likeness (QED) is 0.470. The zero-order valence-electron chi connectivity index (χ0n) is 7.93. The summed E-state index contributed by atoms with van der Waals surface area (Å²) in [6, 6.07) is 5.25. The predicted octanol–water partition coefficient (Wildman–Crippen LogP) is 2.21. The third-order valence-electron chi connectivity index (χ3n) is 1.22. The minimum Gasteiger partial charge on any atom is -0.778 e. The molecule has 4 heteroatoms. The Morgan fingerprint density at radius 1 is 1.31 bits per heavy atom. The first-order chi connectivity index (χ1) is 5.74. The van der Waals surface area contributed by atoms with Crippen LogP contribution in [-0.2, 0) is 29.7 Å². The second-order valence-corrected chi connectivity index (χ2v) is 2.34. The first kappa shape index (κ1) is 15.1. The van der Waals surface area contributed by atoms with Crippen molar-refractivity contribution in [3.8, 4) is 5.75 Å². The van der Waals surface area contributed by atoms with Crippen LogP contribution in [0.4, 0.5) is 5.69 Å². The predicted molar refractivity (Wildman–Crippen MR) is 54.4 cm³/mol. The van der Waals surface area contributed by atoms with Crippen molar-refractivity contribution in [1.82, 2.24) is 0 Å². The number of nitrogen functional groups attached to an aromatic ring is 1. The molecular formula is C9H14CuNOS. The summed E-state index contributed by atoms with van der Waals surface area (Å²) in [5.41, 5.74) is 6.10.